The minimum atomic E-state index is -0.543. The fourth-order valence-corrected chi connectivity index (χ4v) is 1.98. The summed E-state index contributed by atoms with van der Waals surface area (Å²) in [6.07, 6.45) is 2.97. The van der Waals surface area contributed by atoms with Crippen LogP contribution in [-0.4, -0.2) is 9.67 Å². The Kier molecular flexibility index (Phi) is 4.00. The fourth-order valence-electron chi connectivity index (χ4n) is 1.98. The molecule has 1 aromatic carbocycles. The third-order valence-electron chi connectivity index (χ3n) is 3.11. The summed E-state index contributed by atoms with van der Waals surface area (Å²) in [5.41, 5.74) is 1.08. The molecule has 0 aliphatic rings. The summed E-state index contributed by atoms with van der Waals surface area (Å²) >= 11 is 0. The van der Waals surface area contributed by atoms with Gasteiger partial charge >= 0.3 is 0 Å². The Morgan fingerprint density at radius 2 is 1.95 bits per heavy atom. The summed E-state index contributed by atoms with van der Waals surface area (Å²) in [6, 6.07) is 5.20. The lowest BCUT2D eigenvalue weighted by Crippen LogP contribution is -2.05. The van der Waals surface area contributed by atoms with E-state index in [0.717, 1.165) is 17.7 Å². The van der Waals surface area contributed by atoms with Gasteiger partial charge in [0.15, 0.2) is 0 Å². The molecule has 2 aromatic rings. The van der Waals surface area contributed by atoms with Gasteiger partial charge in [0.1, 0.15) is 11.6 Å². The molecule has 0 aliphatic heterocycles. The lowest BCUT2D eigenvalue weighted by atomic mass is 10.0. The number of nitrogens with zero attached hydrogens (tertiary/aromatic N) is 1. The molecule has 0 fully saturated rings. The Bertz CT molecular complexity index is 563. The van der Waals surface area contributed by atoms with Gasteiger partial charge in [-0.1, -0.05) is 13.8 Å². The number of hydrogen-bond donors (Lipinski definition) is 1. The van der Waals surface area contributed by atoms with E-state index in [1.807, 2.05) is 13.8 Å². The molecular weight excluding hydrogens is 248 g/mol. The molecule has 1 atom stereocenters. The van der Waals surface area contributed by atoms with Crippen molar-refractivity contribution in [2.45, 2.75) is 26.5 Å². The second-order valence-corrected chi connectivity index (χ2v) is 5.04. The molecule has 4 heteroatoms. The van der Waals surface area contributed by atoms with E-state index in [0.29, 0.717) is 5.56 Å². The van der Waals surface area contributed by atoms with Crippen molar-refractivity contribution in [1.29, 1.82) is 0 Å². The predicted octanol–water partition coefficient (Wildman–Crippen LogP) is 3.50. The van der Waals surface area contributed by atoms with Gasteiger partial charge in [0.25, 0.3) is 0 Å². The summed E-state index contributed by atoms with van der Waals surface area (Å²) in [6.45, 7) is 4.09. The molecule has 1 aromatic heterocycles. The maximum atomic E-state index is 13.5. The second-order valence-electron chi connectivity index (χ2n) is 5.04. The molecule has 0 spiro atoms. The molecule has 1 unspecified atom stereocenters. The summed E-state index contributed by atoms with van der Waals surface area (Å²) < 4.78 is 28.3. The number of halogens is 2. The normalized spacial score (nSPS) is 12.9. The first-order valence-corrected chi connectivity index (χ1v) is 6.25. The van der Waals surface area contributed by atoms with Crippen LogP contribution in [0.4, 0.5) is 8.78 Å². The highest BCUT2D eigenvalue weighted by Gasteiger charge is 2.13. The monoisotopic (exact) mass is 265 g/mol. The van der Waals surface area contributed by atoms with Crippen molar-refractivity contribution in [2.24, 2.45) is 5.92 Å². The first kappa shape index (κ1) is 13.7. The number of benzene rings is 1. The van der Waals surface area contributed by atoms with Crippen molar-refractivity contribution in [2.75, 3.05) is 0 Å². The van der Waals surface area contributed by atoms with Gasteiger partial charge in [-0.2, -0.15) is 0 Å². The highest BCUT2D eigenvalue weighted by molar-refractivity contribution is 5.21. The summed E-state index contributed by atoms with van der Waals surface area (Å²) in [5.74, 6) is -0.770. The van der Waals surface area contributed by atoms with Crippen LogP contribution >= 0.6 is 0 Å². The summed E-state index contributed by atoms with van der Waals surface area (Å²) in [5, 5.41) is 9.93. The van der Waals surface area contributed by atoms with Gasteiger partial charge in [-0.05, 0) is 35.7 Å². The van der Waals surface area contributed by atoms with Gasteiger partial charge in [0, 0.05) is 24.5 Å². The maximum Gasteiger partial charge on any atom is 0.128 e. The zero-order chi connectivity index (χ0) is 14.0. The van der Waals surface area contributed by atoms with Crippen LogP contribution in [0.1, 0.15) is 31.1 Å². The van der Waals surface area contributed by atoms with E-state index < -0.39 is 17.7 Å². The van der Waals surface area contributed by atoms with Gasteiger partial charge in [0.05, 0.1) is 6.10 Å². The van der Waals surface area contributed by atoms with Crippen molar-refractivity contribution >= 4 is 0 Å². The van der Waals surface area contributed by atoms with E-state index in [9.17, 15) is 13.9 Å². The van der Waals surface area contributed by atoms with E-state index in [1.165, 1.54) is 6.07 Å². The highest BCUT2D eigenvalue weighted by atomic mass is 19.1. The molecule has 0 bridgehead atoms. The molecule has 0 saturated heterocycles. The molecule has 0 saturated carbocycles. The number of aliphatic hydroxyl groups excluding tert-OH is 1. The van der Waals surface area contributed by atoms with E-state index in [-0.39, 0.29) is 12.5 Å². The molecule has 19 heavy (non-hydrogen) atoms. The average molecular weight is 265 g/mol. The highest BCUT2D eigenvalue weighted by Crippen LogP contribution is 2.22. The van der Waals surface area contributed by atoms with Crippen LogP contribution in [0.2, 0.25) is 0 Å². The van der Waals surface area contributed by atoms with E-state index in [4.69, 9.17) is 0 Å². The Labute approximate surface area is 111 Å². The van der Waals surface area contributed by atoms with E-state index in [1.54, 1.807) is 23.0 Å². The SMILES string of the molecule is CC(C)C(O)c1ccn(Cc2cc(F)ccc2F)c1. The minimum absolute atomic E-state index is 0.113. The molecule has 0 amide bonds. The van der Waals surface area contributed by atoms with Crippen molar-refractivity contribution in [3.05, 3.63) is 59.4 Å². The molecule has 1 heterocycles. The first-order valence-electron chi connectivity index (χ1n) is 6.25. The molecule has 2 rings (SSSR count). The van der Waals surface area contributed by atoms with Crippen LogP contribution in [0.3, 0.4) is 0 Å². The van der Waals surface area contributed by atoms with Crippen LogP contribution in [0, 0.1) is 17.6 Å². The van der Waals surface area contributed by atoms with Gasteiger partial charge < -0.3 is 9.67 Å². The average Bonchev–Trinajstić information content (AvgIpc) is 2.81. The third kappa shape index (κ3) is 3.20. The predicted molar refractivity (Wildman–Crippen MR) is 69.7 cm³/mol. The zero-order valence-electron chi connectivity index (χ0n) is 11.0. The van der Waals surface area contributed by atoms with Crippen LogP contribution in [-0.2, 0) is 6.54 Å². The molecule has 0 radical (unpaired) electrons. The second kappa shape index (κ2) is 5.53. The molecule has 2 nitrogen and oxygen atoms in total. The standard InChI is InChI=1S/C15H17F2NO/c1-10(2)15(19)11-5-6-18(8-11)9-12-7-13(16)3-4-14(12)17/h3-8,10,15,19H,9H2,1-2H3. The third-order valence-corrected chi connectivity index (χ3v) is 3.11. The first-order chi connectivity index (χ1) is 8.97. The molecule has 0 aliphatic carbocycles. The van der Waals surface area contributed by atoms with Gasteiger partial charge in [-0.3, -0.25) is 0 Å². The summed E-state index contributed by atoms with van der Waals surface area (Å²) in [4.78, 5) is 0. The van der Waals surface area contributed by atoms with Crippen LogP contribution in [0.15, 0.2) is 36.7 Å². The van der Waals surface area contributed by atoms with E-state index in [2.05, 4.69) is 0 Å². The van der Waals surface area contributed by atoms with Crippen molar-refractivity contribution in [3.8, 4) is 0 Å². The Hall–Kier alpha value is -1.68. The Morgan fingerprint density at radius 1 is 1.21 bits per heavy atom. The van der Waals surface area contributed by atoms with Crippen molar-refractivity contribution in [3.63, 3.8) is 0 Å². The van der Waals surface area contributed by atoms with Crippen molar-refractivity contribution < 1.29 is 13.9 Å². The quantitative estimate of drug-likeness (QED) is 0.899. The maximum absolute atomic E-state index is 13.5. The Balaban J connectivity index is 2.18. The molecule has 1 N–H and O–H groups in total. The number of hydrogen-bond acceptors (Lipinski definition) is 1. The van der Waals surface area contributed by atoms with Crippen LogP contribution < -0.4 is 0 Å². The van der Waals surface area contributed by atoms with Gasteiger partial charge in [0.2, 0.25) is 0 Å². The molecular formula is C15H17F2NO. The number of aromatic nitrogens is 1. The molecule has 102 valence electrons. The van der Waals surface area contributed by atoms with Gasteiger partial charge in [-0.25, -0.2) is 8.78 Å². The summed E-state index contributed by atoms with van der Waals surface area (Å²) in [7, 11) is 0. The van der Waals surface area contributed by atoms with Gasteiger partial charge in [-0.15, -0.1) is 0 Å². The van der Waals surface area contributed by atoms with Crippen molar-refractivity contribution in [1.82, 2.24) is 4.57 Å². The number of rotatable bonds is 4. The fraction of sp³-hybridized carbons (Fsp3) is 0.333. The smallest absolute Gasteiger partial charge is 0.128 e. The largest absolute Gasteiger partial charge is 0.388 e. The Morgan fingerprint density at radius 3 is 2.63 bits per heavy atom. The minimum Gasteiger partial charge on any atom is -0.388 e. The lowest BCUT2D eigenvalue weighted by molar-refractivity contribution is 0.127. The lowest BCUT2D eigenvalue weighted by Gasteiger charge is -2.12. The van der Waals surface area contributed by atoms with Crippen LogP contribution in [0.5, 0.6) is 0 Å². The topological polar surface area (TPSA) is 25.2 Å². The van der Waals surface area contributed by atoms with Crippen LogP contribution in [0.25, 0.3) is 0 Å². The number of aliphatic hydroxyl groups is 1. The zero-order valence-corrected chi connectivity index (χ0v) is 11.0. The van der Waals surface area contributed by atoms with E-state index >= 15 is 0 Å².